The van der Waals surface area contributed by atoms with E-state index in [9.17, 15) is 4.79 Å². The molecule has 12 heavy (non-hydrogen) atoms. The van der Waals surface area contributed by atoms with Crippen molar-refractivity contribution < 1.29 is 14.6 Å². The number of hydrogen-bond acceptors (Lipinski definition) is 3. The van der Waals surface area contributed by atoms with Crippen molar-refractivity contribution in [1.29, 1.82) is 0 Å². The van der Waals surface area contributed by atoms with Crippen LogP contribution in [0.2, 0.25) is 0 Å². The molecule has 0 saturated carbocycles. The molecular weight excluding hydrogens is 158 g/mol. The van der Waals surface area contributed by atoms with Gasteiger partial charge < -0.3 is 15.2 Å². The Bertz CT molecular complexity index is 324. The Morgan fingerprint density at radius 3 is 3.00 bits per heavy atom. The molecule has 62 valence electrons. The average molecular weight is 165 g/mol. The van der Waals surface area contributed by atoms with Crippen LogP contribution in [0.3, 0.4) is 0 Å². The van der Waals surface area contributed by atoms with Gasteiger partial charge in [-0.3, -0.25) is 4.79 Å². The van der Waals surface area contributed by atoms with Gasteiger partial charge in [0.25, 0.3) is 12.2 Å². The van der Waals surface area contributed by atoms with Crippen molar-refractivity contribution in [2.75, 3.05) is 5.32 Å². The van der Waals surface area contributed by atoms with Gasteiger partial charge >= 0.3 is 0 Å². The van der Waals surface area contributed by atoms with Gasteiger partial charge in [0.1, 0.15) is 5.75 Å². The van der Waals surface area contributed by atoms with Crippen molar-refractivity contribution >= 4 is 11.6 Å². The molecule has 0 bridgehead atoms. The molecule has 2 rings (SSSR count). The van der Waals surface area contributed by atoms with Crippen molar-refractivity contribution in [3.8, 4) is 5.75 Å². The Morgan fingerprint density at radius 1 is 1.42 bits per heavy atom. The van der Waals surface area contributed by atoms with Crippen LogP contribution < -0.4 is 10.1 Å². The van der Waals surface area contributed by atoms with E-state index in [4.69, 9.17) is 9.84 Å². The number of anilines is 1. The molecule has 1 aromatic carbocycles. The Kier molecular flexibility index (Phi) is 1.48. The van der Waals surface area contributed by atoms with Crippen LogP contribution in [0.5, 0.6) is 5.75 Å². The lowest BCUT2D eigenvalue weighted by Gasteiger charge is -2.21. The largest absolute Gasteiger partial charge is 0.453 e. The summed E-state index contributed by atoms with van der Waals surface area (Å²) >= 11 is 0. The van der Waals surface area contributed by atoms with E-state index in [0.717, 1.165) is 0 Å². The lowest BCUT2D eigenvalue weighted by atomic mass is 10.2. The summed E-state index contributed by atoms with van der Waals surface area (Å²) < 4.78 is 4.89. The number of amides is 1. The maximum absolute atomic E-state index is 10.9. The van der Waals surface area contributed by atoms with Gasteiger partial charge in [0.05, 0.1) is 5.69 Å². The first-order valence-corrected chi connectivity index (χ1v) is 3.52. The Labute approximate surface area is 68.8 Å². The van der Waals surface area contributed by atoms with Crippen molar-refractivity contribution in [1.82, 2.24) is 0 Å². The number of para-hydroxylation sites is 2. The average Bonchev–Trinajstić information content (AvgIpc) is 2.07. The molecule has 1 amide bonds. The second-order valence-corrected chi connectivity index (χ2v) is 2.46. The lowest BCUT2D eigenvalue weighted by Crippen LogP contribution is -2.36. The fourth-order valence-corrected chi connectivity index (χ4v) is 1.04. The third-order valence-electron chi connectivity index (χ3n) is 1.61. The number of nitrogens with one attached hydrogen (secondary N) is 1. The zero-order valence-electron chi connectivity index (χ0n) is 6.15. The van der Waals surface area contributed by atoms with E-state index >= 15 is 0 Å². The number of rotatable bonds is 0. The standard InChI is InChI=1S/C8H7NO3/c10-7-8(11)12-6-4-2-1-3-5(6)9-7/h1-4,8,11H,(H,9,10)/t8-/m1/s1. The van der Waals surface area contributed by atoms with Gasteiger partial charge in [-0.1, -0.05) is 12.1 Å². The summed E-state index contributed by atoms with van der Waals surface area (Å²) in [5, 5.41) is 11.5. The second kappa shape index (κ2) is 2.49. The van der Waals surface area contributed by atoms with Crippen molar-refractivity contribution in [3.05, 3.63) is 24.3 Å². The van der Waals surface area contributed by atoms with Gasteiger partial charge in [0.15, 0.2) is 0 Å². The number of aliphatic hydroxyl groups is 1. The lowest BCUT2D eigenvalue weighted by molar-refractivity contribution is -0.139. The molecule has 4 heteroatoms. The summed E-state index contributed by atoms with van der Waals surface area (Å²) in [7, 11) is 0. The summed E-state index contributed by atoms with van der Waals surface area (Å²) in [5.41, 5.74) is 0.591. The molecule has 0 saturated heterocycles. The fraction of sp³-hybridized carbons (Fsp3) is 0.125. The zero-order valence-corrected chi connectivity index (χ0v) is 6.15. The normalized spacial score (nSPS) is 20.8. The minimum atomic E-state index is -1.39. The molecule has 0 spiro atoms. The van der Waals surface area contributed by atoms with E-state index in [-0.39, 0.29) is 0 Å². The smallest absolute Gasteiger partial charge is 0.293 e. The first-order valence-electron chi connectivity index (χ1n) is 3.52. The molecule has 1 atom stereocenters. The van der Waals surface area contributed by atoms with Crippen LogP contribution in [0.25, 0.3) is 0 Å². The van der Waals surface area contributed by atoms with Gasteiger partial charge in [-0.05, 0) is 12.1 Å². The van der Waals surface area contributed by atoms with E-state index in [1.54, 1.807) is 24.3 Å². The molecule has 0 aliphatic carbocycles. The van der Waals surface area contributed by atoms with Gasteiger partial charge in [0.2, 0.25) is 0 Å². The van der Waals surface area contributed by atoms with E-state index in [2.05, 4.69) is 5.32 Å². The van der Waals surface area contributed by atoms with E-state index in [1.807, 2.05) is 0 Å². The van der Waals surface area contributed by atoms with Crippen LogP contribution in [0.15, 0.2) is 24.3 Å². The molecule has 0 radical (unpaired) electrons. The van der Waals surface area contributed by atoms with Crippen LogP contribution in [0, 0.1) is 0 Å². The first-order chi connectivity index (χ1) is 5.77. The monoisotopic (exact) mass is 165 g/mol. The minimum absolute atomic E-state index is 0.490. The number of fused-ring (bicyclic) bond motifs is 1. The van der Waals surface area contributed by atoms with Crippen molar-refractivity contribution in [2.45, 2.75) is 6.29 Å². The number of ether oxygens (including phenoxy) is 1. The van der Waals surface area contributed by atoms with E-state index in [1.165, 1.54) is 0 Å². The highest BCUT2D eigenvalue weighted by molar-refractivity contribution is 5.96. The van der Waals surface area contributed by atoms with Crippen LogP contribution in [-0.4, -0.2) is 17.3 Å². The third-order valence-corrected chi connectivity index (χ3v) is 1.61. The summed E-state index contributed by atoms with van der Waals surface area (Å²) in [4.78, 5) is 10.9. The molecule has 1 aliphatic heterocycles. The van der Waals surface area contributed by atoms with Crippen LogP contribution in [0.4, 0.5) is 5.69 Å². The van der Waals surface area contributed by atoms with Gasteiger partial charge in [-0.2, -0.15) is 0 Å². The summed E-state index contributed by atoms with van der Waals surface area (Å²) in [5.74, 6) is -0.0432. The molecule has 1 aromatic rings. The van der Waals surface area contributed by atoms with E-state index < -0.39 is 12.2 Å². The molecule has 1 heterocycles. The Hall–Kier alpha value is -1.55. The molecule has 1 aliphatic rings. The minimum Gasteiger partial charge on any atom is -0.453 e. The highest BCUT2D eigenvalue weighted by Crippen LogP contribution is 2.27. The molecule has 4 nitrogen and oxygen atoms in total. The van der Waals surface area contributed by atoms with Crippen LogP contribution in [-0.2, 0) is 4.79 Å². The third kappa shape index (κ3) is 1.02. The van der Waals surface area contributed by atoms with Crippen molar-refractivity contribution in [2.24, 2.45) is 0 Å². The molecule has 2 N–H and O–H groups in total. The summed E-state index contributed by atoms with van der Waals surface area (Å²) in [6.45, 7) is 0. The second-order valence-electron chi connectivity index (χ2n) is 2.46. The number of carbonyl (C=O) groups excluding carboxylic acids is 1. The van der Waals surface area contributed by atoms with Crippen molar-refractivity contribution in [3.63, 3.8) is 0 Å². The SMILES string of the molecule is O=C1Nc2ccccc2O[C@H]1O. The summed E-state index contributed by atoms with van der Waals surface area (Å²) in [6.07, 6.45) is -1.39. The number of aliphatic hydroxyl groups excluding tert-OH is 1. The molecular formula is C8H7NO3. The predicted octanol–water partition coefficient (Wildman–Crippen LogP) is 0.336. The Balaban J connectivity index is 2.40. The topological polar surface area (TPSA) is 58.6 Å². The molecule has 0 fully saturated rings. The first kappa shape index (κ1) is 7.12. The highest BCUT2D eigenvalue weighted by Gasteiger charge is 2.24. The Morgan fingerprint density at radius 2 is 2.17 bits per heavy atom. The van der Waals surface area contributed by atoms with Crippen LogP contribution >= 0.6 is 0 Å². The highest BCUT2D eigenvalue weighted by atomic mass is 16.6. The maximum atomic E-state index is 10.9. The number of hydrogen-bond donors (Lipinski definition) is 2. The quantitative estimate of drug-likeness (QED) is 0.582. The van der Waals surface area contributed by atoms with Gasteiger partial charge in [-0.25, -0.2) is 0 Å². The predicted molar refractivity (Wildman–Crippen MR) is 41.7 cm³/mol. The maximum Gasteiger partial charge on any atom is 0.293 e. The van der Waals surface area contributed by atoms with Crippen LogP contribution in [0.1, 0.15) is 0 Å². The number of carbonyl (C=O) groups is 1. The molecule has 0 unspecified atom stereocenters. The van der Waals surface area contributed by atoms with E-state index in [0.29, 0.717) is 11.4 Å². The zero-order chi connectivity index (χ0) is 8.55. The van der Waals surface area contributed by atoms with Gasteiger partial charge in [0, 0.05) is 0 Å². The number of benzene rings is 1. The van der Waals surface area contributed by atoms with Gasteiger partial charge in [-0.15, -0.1) is 0 Å². The fourth-order valence-electron chi connectivity index (χ4n) is 1.04. The molecule has 0 aromatic heterocycles. The summed E-state index contributed by atoms with van der Waals surface area (Å²) in [6, 6.07) is 6.93.